The van der Waals surface area contributed by atoms with Crippen LogP contribution in [0.5, 0.6) is 0 Å². The molecule has 7 nitrogen and oxygen atoms in total. The lowest BCUT2D eigenvalue weighted by molar-refractivity contribution is -0.113. The van der Waals surface area contributed by atoms with Crippen LogP contribution in [-0.4, -0.2) is 54.3 Å². The molecule has 0 aromatic heterocycles. The third-order valence-electron chi connectivity index (χ3n) is 5.13. The van der Waals surface area contributed by atoms with Crippen molar-refractivity contribution in [1.29, 1.82) is 0 Å². The molecule has 3 amide bonds. The second-order valence-corrected chi connectivity index (χ2v) is 8.52. The molecule has 1 saturated heterocycles. The zero-order chi connectivity index (χ0) is 22.8. The smallest absolute Gasteiger partial charge is 0.409 e. The lowest BCUT2D eigenvalue weighted by Crippen LogP contribution is -2.46. The number of thioether (sulfide) groups is 1. The third-order valence-corrected chi connectivity index (χ3v) is 6.14. The number of likely N-dealkylation sites (tertiary alicyclic amines) is 1. The van der Waals surface area contributed by atoms with E-state index in [9.17, 15) is 14.4 Å². The number of para-hydroxylation sites is 1. The standard InChI is InChI=1S/C24H29N3O4S/c1-2-31-24(30)27-14-12-21(13-15-27)26-23(29)19-10-8-18(9-11-19)16-32-17-22(28)25-20-6-4-3-5-7-20/h3-11,21H,2,12-17H2,1H3,(H,25,28)(H,26,29). The number of nitrogens with one attached hydrogen (secondary N) is 2. The van der Waals surface area contributed by atoms with E-state index >= 15 is 0 Å². The van der Waals surface area contributed by atoms with Crippen LogP contribution >= 0.6 is 11.8 Å². The van der Waals surface area contributed by atoms with E-state index in [1.54, 1.807) is 11.8 Å². The molecule has 0 spiro atoms. The average molecular weight is 456 g/mol. The molecule has 1 heterocycles. The average Bonchev–Trinajstić information content (AvgIpc) is 2.81. The molecule has 1 fully saturated rings. The molecule has 2 aromatic carbocycles. The van der Waals surface area contributed by atoms with E-state index in [1.807, 2.05) is 54.6 Å². The fourth-order valence-electron chi connectivity index (χ4n) is 3.42. The Balaban J connectivity index is 1.38. The number of carbonyl (C=O) groups is 3. The Labute approximate surface area is 192 Å². The summed E-state index contributed by atoms with van der Waals surface area (Å²) in [5.74, 6) is 0.908. The second-order valence-electron chi connectivity index (χ2n) is 7.54. The van der Waals surface area contributed by atoms with E-state index in [1.165, 1.54) is 11.8 Å². The van der Waals surface area contributed by atoms with E-state index < -0.39 is 0 Å². The van der Waals surface area contributed by atoms with Gasteiger partial charge in [0, 0.05) is 36.1 Å². The van der Waals surface area contributed by atoms with Crippen molar-refractivity contribution in [1.82, 2.24) is 10.2 Å². The number of rotatable bonds is 8. The van der Waals surface area contributed by atoms with Gasteiger partial charge in [-0.25, -0.2) is 4.79 Å². The number of hydrogen-bond donors (Lipinski definition) is 2. The number of nitrogens with zero attached hydrogens (tertiary/aromatic N) is 1. The second kappa shape index (κ2) is 12.1. The zero-order valence-corrected chi connectivity index (χ0v) is 19.0. The highest BCUT2D eigenvalue weighted by molar-refractivity contribution is 7.99. The van der Waals surface area contributed by atoms with Crippen LogP contribution in [0.4, 0.5) is 10.5 Å². The minimum Gasteiger partial charge on any atom is -0.450 e. The predicted octanol–water partition coefficient (Wildman–Crippen LogP) is 3.91. The van der Waals surface area contributed by atoms with Crippen LogP contribution in [0.3, 0.4) is 0 Å². The molecule has 0 aliphatic carbocycles. The molecule has 1 aliphatic heterocycles. The summed E-state index contributed by atoms with van der Waals surface area (Å²) in [7, 11) is 0. The Hall–Kier alpha value is -3.00. The molecule has 8 heteroatoms. The van der Waals surface area contributed by atoms with Crippen molar-refractivity contribution < 1.29 is 19.1 Å². The molecule has 0 bridgehead atoms. The maximum atomic E-state index is 12.5. The number of carbonyl (C=O) groups excluding carboxylic acids is 3. The van der Waals surface area contributed by atoms with Gasteiger partial charge >= 0.3 is 6.09 Å². The molecular formula is C24H29N3O4S. The summed E-state index contributed by atoms with van der Waals surface area (Å²) in [6.45, 7) is 3.32. The van der Waals surface area contributed by atoms with Gasteiger partial charge in [0.25, 0.3) is 5.91 Å². The van der Waals surface area contributed by atoms with E-state index in [0.29, 0.717) is 49.6 Å². The lowest BCUT2D eigenvalue weighted by Gasteiger charge is -2.31. The van der Waals surface area contributed by atoms with Gasteiger partial charge in [0.15, 0.2) is 0 Å². The lowest BCUT2D eigenvalue weighted by atomic mass is 10.0. The molecule has 1 aliphatic rings. The molecule has 3 rings (SSSR count). The van der Waals surface area contributed by atoms with E-state index in [2.05, 4.69) is 10.6 Å². The van der Waals surface area contributed by atoms with Crippen LogP contribution in [0, 0.1) is 0 Å². The third kappa shape index (κ3) is 7.30. The summed E-state index contributed by atoms with van der Waals surface area (Å²) in [6.07, 6.45) is 1.14. The molecule has 2 N–H and O–H groups in total. The molecule has 170 valence electrons. The van der Waals surface area contributed by atoms with Gasteiger partial charge in [-0.05, 0) is 49.6 Å². The van der Waals surface area contributed by atoms with Crippen LogP contribution in [0.25, 0.3) is 0 Å². The van der Waals surface area contributed by atoms with Crippen molar-refractivity contribution in [3.05, 3.63) is 65.7 Å². The number of ether oxygens (including phenoxy) is 1. The summed E-state index contributed by atoms with van der Waals surface area (Å²) < 4.78 is 5.02. The number of hydrogen-bond acceptors (Lipinski definition) is 5. The minimum atomic E-state index is -0.289. The molecule has 32 heavy (non-hydrogen) atoms. The Bertz CT molecular complexity index is 897. The molecule has 0 saturated carbocycles. The quantitative estimate of drug-likeness (QED) is 0.630. The SMILES string of the molecule is CCOC(=O)N1CCC(NC(=O)c2ccc(CSCC(=O)Nc3ccccc3)cc2)CC1. The van der Waals surface area contributed by atoms with Gasteiger partial charge in [0.2, 0.25) is 5.91 Å². The summed E-state index contributed by atoms with van der Waals surface area (Å²) in [4.78, 5) is 38.0. The molecule has 0 unspecified atom stereocenters. The van der Waals surface area contributed by atoms with Crippen LogP contribution in [0.2, 0.25) is 0 Å². The summed E-state index contributed by atoms with van der Waals surface area (Å²) in [6, 6.07) is 16.9. The summed E-state index contributed by atoms with van der Waals surface area (Å²) in [5, 5.41) is 5.92. The summed E-state index contributed by atoms with van der Waals surface area (Å²) >= 11 is 1.53. The van der Waals surface area contributed by atoms with Crippen molar-refractivity contribution in [3.63, 3.8) is 0 Å². The Kier molecular flexibility index (Phi) is 8.98. The normalized spacial score (nSPS) is 14.0. The maximum Gasteiger partial charge on any atom is 0.409 e. The molecule has 0 radical (unpaired) electrons. The highest BCUT2D eigenvalue weighted by atomic mass is 32.2. The molecule has 2 aromatic rings. The van der Waals surface area contributed by atoms with Gasteiger partial charge in [0.05, 0.1) is 12.4 Å². The van der Waals surface area contributed by atoms with Crippen molar-refractivity contribution >= 4 is 35.4 Å². The first-order valence-corrected chi connectivity index (χ1v) is 11.9. The largest absolute Gasteiger partial charge is 0.450 e. The first-order valence-electron chi connectivity index (χ1n) is 10.8. The number of amides is 3. The van der Waals surface area contributed by atoms with Gasteiger partial charge in [-0.1, -0.05) is 30.3 Å². The maximum absolute atomic E-state index is 12.5. The first-order chi connectivity index (χ1) is 15.5. The van der Waals surface area contributed by atoms with E-state index in [0.717, 1.165) is 11.3 Å². The van der Waals surface area contributed by atoms with Crippen LogP contribution in [0.15, 0.2) is 54.6 Å². The van der Waals surface area contributed by atoms with Crippen LogP contribution in [-0.2, 0) is 15.3 Å². The van der Waals surface area contributed by atoms with Crippen molar-refractivity contribution in [2.75, 3.05) is 30.8 Å². The Morgan fingerprint density at radius 2 is 1.72 bits per heavy atom. The minimum absolute atomic E-state index is 0.0359. The van der Waals surface area contributed by atoms with Crippen LogP contribution in [0.1, 0.15) is 35.7 Å². The van der Waals surface area contributed by atoms with Crippen molar-refractivity contribution in [3.8, 4) is 0 Å². The first kappa shape index (κ1) is 23.7. The Morgan fingerprint density at radius 1 is 1.03 bits per heavy atom. The topological polar surface area (TPSA) is 87.7 Å². The number of benzene rings is 2. The highest BCUT2D eigenvalue weighted by Gasteiger charge is 2.24. The zero-order valence-electron chi connectivity index (χ0n) is 18.2. The predicted molar refractivity (Wildman–Crippen MR) is 127 cm³/mol. The van der Waals surface area contributed by atoms with Gasteiger partial charge in [-0.3, -0.25) is 9.59 Å². The van der Waals surface area contributed by atoms with Crippen molar-refractivity contribution in [2.24, 2.45) is 0 Å². The Morgan fingerprint density at radius 3 is 2.38 bits per heavy atom. The van der Waals surface area contributed by atoms with Crippen molar-refractivity contribution in [2.45, 2.75) is 31.6 Å². The van der Waals surface area contributed by atoms with Gasteiger partial charge in [-0.2, -0.15) is 0 Å². The molecule has 0 atom stereocenters. The van der Waals surface area contributed by atoms with Crippen LogP contribution < -0.4 is 10.6 Å². The fourth-order valence-corrected chi connectivity index (χ4v) is 4.21. The molecular weight excluding hydrogens is 426 g/mol. The van der Waals surface area contributed by atoms with Gasteiger partial charge in [0.1, 0.15) is 0 Å². The number of anilines is 1. The van der Waals surface area contributed by atoms with E-state index in [-0.39, 0.29) is 23.9 Å². The number of piperidine rings is 1. The van der Waals surface area contributed by atoms with Gasteiger partial charge < -0.3 is 20.3 Å². The fraction of sp³-hybridized carbons (Fsp3) is 0.375. The van der Waals surface area contributed by atoms with E-state index in [4.69, 9.17) is 4.74 Å². The monoisotopic (exact) mass is 455 g/mol. The van der Waals surface area contributed by atoms with Gasteiger partial charge in [-0.15, -0.1) is 11.8 Å². The highest BCUT2D eigenvalue weighted by Crippen LogP contribution is 2.16. The summed E-state index contributed by atoms with van der Waals surface area (Å²) in [5.41, 5.74) is 2.45.